The van der Waals surface area contributed by atoms with Gasteiger partial charge in [-0.3, -0.25) is 9.69 Å². The van der Waals surface area contributed by atoms with Gasteiger partial charge in [0.05, 0.1) is 0 Å². The van der Waals surface area contributed by atoms with Crippen molar-refractivity contribution in [2.75, 3.05) is 26.7 Å². The first-order chi connectivity index (χ1) is 9.69. The lowest BCUT2D eigenvalue weighted by Gasteiger charge is -2.31. The van der Waals surface area contributed by atoms with Gasteiger partial charge >= 0.3 is 0 Å². The first-order valence-electron chi connectivity index (χ1n) is 7.35. The van der Waals surface area contributed by atoms with Crippen molar-refractivity contribution < 1.29 is 4.79 Å². The van der Waals surface area contributed by atoms with Crippen molar-refractivity contribution >= 4 is 12.0 Å². The number of likely N-dealkylation sites (tertiary alicyclic amines) is 1. The van der Waals surface area contributed by atoms with Gasteiger partial charge in [0.25, 0.3) is 0 Å². The number of carbonyl (C=O) groups is 1. The Balaban J connectivity index is 1.83. The average Bonchev–Trinajstić information content (AvgIpc) is 2.48. The number of piperidine rings is 1. The molecular weight excluding hydrogens is 248 g/mol. The summed E-state index contributed by atoms with van der Waals surface area (Å²) in [6.45, 7) is 5.20. The summed E-state index contributed by atoms with van der Waals surface area (Å²) in [4.78, 5) is 14.0. The van der Waals surface area contributed by atoms with Crippen molar-refractivity contribution in [3.63, 3.8) is 0 Å². The lowest BCUT2D eigenvalue weighted by Crippen LogP contribution is -2.40. The van der Waals surface area contributed by atoms with E-state index in [1.165, 1.54) is 11.1 Å². The number of carbonyl (C=O) groups excluding carboxylic acids is 1. The van der Waals surface area contributed by atoms with Gasteiger partial charge in [-0.25, -0.2) is 0 Å². The van der Waals surface area contributed by atoms with Crippen LogP contribution in [0.15, 0.2) is 35.9 Å². The van der Waals surface area contributed by atoms with Gasteiger partial charge in [0.2, 0.25) is 5.91 Å². The molecule has 2 rings (SSSR count). The molecule has 0 saturated carbocycles. The van der Waals surface area contributed by atoms with E-state index in [-0.39, 0.29) is 11.8 Å². The summed E-state index contributed by atoms with van der Waals surface area (Å²) in [7, 11) is 1.72. The quantitative estimate of drug-likeness (QED) is 0.913. The second-order valence-corrected chi connectivity index (χ2v) is 5.57. The number of nitrogens with zero attached hydrogens (tertiary/aromatic N) is 1. The van der Waals surface area contributed by atoms with E-state index in [1.54, 1.807) is 7.05 Å². The molecule has 1 heterocycles. The van der Waals surface area contributed by atoms with Crippen LogP contribution >= 0.6 is 0 Å². The Morgan fingerprint density at radius 3 is 2.55 bits per heavy atom. The van der Waals surface area contributed by atoms with E-state index < -0.39 is 0 Å². The summed E-state index contributed by atoms with van der Waals surface area (Å²) in [5, 5.41) is 2.75. The zero-order valence-corrected chi connectivity index (χ0v) is 12.4. The Morgan fingerprint density at radius 1 is 1.30 bits per heavy atom. The molecule has 0 unspecified atom stereocenters. The van der Waals surface area contributed by atoms with E-state index in [2.05, 4.69) is 47.5 Å². The fourth-order valence-electron chi connectivity index (χ4n) is 2.79. The topological polar surface area (TPSA) is 32.3 Å². The SMILES string of the molecule is CNC(=O)C1CCN(CC(C)=Cc2ccccc2)CC1. The fraction of sp³-hybridized carbons (Fsp3) is 0.471. The molecule has 1 aromatic rings. The number of nitrogens with one attached hydrogen (secondary N) is 1. The third-order valence-electron chi connectivity index (χ3n) is 3.89. The van der Waals surface area contributed by atoms with E-state index >= 15 is 0 Å². The third kappa shape index (κ3) is 4.20. The largest absolute Gasteiger partial charge is 0.359 e. The van der Waals surface area contributed by atoms with Crippen LogP contribution in [-0.4, -0.2) is 37.5 Å². The molecule has 0 spiro atoms. The minimum atomic E-state index is 0.196. The summed E-state index contributed by atoms with van der Waals surface area (Å²) < 4.78 is 0. The lowest BCUT2D eigenvalue weighted by molar-refractivity contribution is -0.125. The standard InChI is InChI=1S/C17H24N2O/c1-14(12-15-6-4-3-5-7-15)13-19-10-8-16(9-11-19)17(20)18-2/h3-7,12,16H,8-11,13H2,1-2H3,(H,18,20). The van der Waals surface area contributed by atoms with Crippen molar-refractivity contribution in [3.8, 4) is 0 Å². The molecule has 1 aliphatic heterocycles. The second kappa shape index (κ2) is 7.25. The van der Waals surface area contributed by atoms with E-state index in [9.17, 15) is 4.79 Å². The van der Waals surface area contributed by atoms with Crippen LogP contribution in [-0.2, 0) is 4.79 Å². The average molecular weight is 272 g/mol. The van der Waals surface area contributed by atoms with Gasteiger partial charge in [0.1, 0.15) is 0 Å². The molecule has 108 valence electrons. The Morgan fingerprint density at radius 2 is 1.95 bits per heavy atom. The van der Waals surface area contributed by atoms with Gasteiger partial charge in [0, 0.05) is 19.5 Å². The maximum Gasteiger partial charge on any atom is 0.222 e. The molecule has 0 aromatic heterocycles. The molecule has 1 saturated heterocycles. The minimum absolute atomic E-state index is 0.196. The molecule has 1 N–H and O–H groups in total. The lowest BCUT2D eigenvalue weighted by atomic mass is 9.95. The Bertz CT molecular complexity index is 459. The molecule has 1 aliphatic rings. The summed E-state index contributed by atoms with van der Waals surface area (Å²) in [5.74, 6) is 0.399. The van der Waals surface area contributed by atoms with Crippen molar-refractivity contribution in [1.29, 1.82) is 0 Å². The Labute approximate surface area is 121 Å². The normalized spacial score (nSPS) is 18.0. The first kappa shape index (κ1) is 14.8. The second-order valence-electron chi connectivity index (χ2n) is 5.57. The van der Waals surface area contributed by atoms with Crippen LogP contribution in [0.4, 0.5) is 0 Å². The summed E-state index contributed by atoms with van der Waals surface area (Å²) >= 11 is 0. The highest BCUT2D eigenvalue weighted by molar-refractivity contribution is 5.78. The number of benzene rings is 1. The Hall–Kier alpha value is -1.61. The molecule has 3 heteroatoms. The molecule has 0 radical (unpaired) electrons. The first-order valence-corrected chi connectivity index (χ1v) is 7.35. The van der Waals surface area contributed by atoms with E-state index in [0.29, 0.717) is 0 Å². The molecule has 3 nitrogen and oxygen atoms in total. The van der Waals surface area contributed by atoms with Crippen molar-refractivity contribution in [2.24, 2.45) is 5.92 Å². The molecular formula is C17H24N2O. The van der Waals surface area contributed by atoms with Gasteiger partial charge < -0.3 is 5.32 Å². The number of amides is 1. The maximum atomic E-state index is 11.6. The third-order valence-corrected chi connectivity index (χ3v) is 3.89. The molecule has 1 fully saturated rings. The number of hydrogen-bond acceptors (Lipinski definition) is 2. The van der Waals surface area contributed by atoms with Crippen LogP contribution in [0.5, 0.6) is 0 Å². The molecule has 0 aliphatic carbocycles. The van der Waals surface area contributed by atoms with Crippen LogP contribution in [0.1, 0.15) is 25.3 Å². The monoisotopic (exact) mass is 272 g/mol. The van der Waals surface area contributed by atoms with E-state index in [1.807, 2.05) is 6.07 Å². The van der Waals surface area contributed by atoms with Gasteiger partial charge in [-0.1, -0.05) is 42.0 Å². The zero-order chi connectivity index (χ0) is 14.4. The smallest absolute Gasteiger partial charge is 0.222 e. The molecule has 1 amide bonds. The van der Waals surface area contributed by atoms with Crippen molar-refractivity contribution in [2.45, 2.75) is 19.8 Å². The minimum Gasteiger partial charge on any atom is -0.359 e. The van der Waals surface area contributed by atoms with E-state index in [4.69, 9.17) is 0 Å². The molecule has 0 atom stereocenters. The van der Waals surface area contributed by atoms with Crippen LogP contribution in [0, 0.1) is 5.92 Å². The van der Waals surface area contributed by atoms with Crippen LogP contribution in [0.2, 0.25) is 0 Å². The highest BCUT2D eigenvalue weighted by atomic mass is 16.1. The summed E-state index contributed by atoms with van der Waals surface area (Å²) in [6.07, 6.45) is 4.18. The maximum absolute atomic E-state index is 11.6. The predicted octanol–water partition coefficient (Wildman–Crippen LogP) is 2.55. The molecule has 0 bridgehead atoms. The van der Waals surface area contributed by atoms with Gasteiger partial charge in [-0.05, 0) is 38.4 Å². The highest BCUT2D eigenvalue weighted by Gasteiger charge is 2.23. The van der Waals surface area contributed by atoms with Gasteiger partial charge in [0.15, 0.2) is 0 Å². The molecule has 1 aromatic carbocycles. The highest BCUT2D eigenvalue weighted by Crippen LogP contribution is 2.18. The molecule has 20 heavy (non-hydrogen) atoms. The van der Waals surface area contributed by atoms with Crippen LogP contribution in [0.25, 0.3) is 6.08 Å². The van der Waals surface area contributed by atoms with Crippen LogP contribution in [0.3, 0.4) is 0 Å². The van der Waals surface area contributed by atoms with Gasteiger partial charge in [-0.15, -0.1) is 0 Å². The summed E-state index contributed by atoms with van der Waals surface area (Å²) in [5.41, 5.74) is 2.62. The van der Waals surface area contributed by atoms with Crippen LogP contribution < -0.4 is 5.32 Å². The van der Waals surface area contributed by atoms with E-state index in [0.717, 1.165) is 32.5 Å². The zero-order valence-electron chi connectivity index (χ0n) is 12.4. The predicted molar refractivity (Wildman–Crippen MR) is 83.3 cm³/mol. The number of hydrogen-bond donors (Lipinski definition) is 1. The number of rotatable bonds is 4. The summed E-state index contributed by atoms with van der Waals surface area (Å²) in [6, 6.07) is 10.4. The fourth-order valence-corrected chi connectivity index (χ4v) is 2.79. The van der Waals surface area contributed by atoms with Gasteiger partial charge in [-0.2, -0.15) is 0 Å². The van der Waals surface area contributed by atoms with Crippen molar-refractivity contribution in [1.82, 2.24) is 10.2 Å². The van der Waals surface area contributed by atoms with Crippen molar-refractivity contribution in [3.05, 3.63) is 41.5 Å². The Kier molecular flexibility index (Phi) is 5.36.